The van der Waals surface area contributed by atoms with Crippen LogP contribution in [-0.4, -0.2) is 38.4 Å². The Morgan fingerprint density at radius 3 is 2.72 bits per heavy atom. The van der Waals surface area contributed by atoms with Crippen LogP contribution in [-0.2, 0) is 17.6 Å². The maximum Gasteiger partial charge on any atom is 0.220 e. The Hall–Kier alpha value is -2.47. The molecule has 0 aliphatic heterocycles. The van der Waals surface area contributed by atoms with Crippen LogP contribution in [0.5, 0.6) is 11.5 Å². The highest BCUT2D eigenvalue weighted by atomic mass is 16.5. The summed E-state index contributed by atoms with van der Waals surface area (Å²) < 4.78 is 15.9. The van der Waals surface area contributed by atoms with E-state index >= 15 is 0 Å². The largest absolute Gasteiger partial charge is 0.493 e. The Morgan fingerprint density at radius 1 is 1.24 bits per heavy atom. The van der Waals surface area contributed by atoms with Gasteiger partial charge in [0.1, 0.15) is 5.76 Å². The van der Waals surface area contributed by atoms with Crippen LogP contribution in [0, 0.1) is 5.92 Å². The van der Waals surface area contributed by atoms with Crippen LogP contribution in [0.1, 0.15) is 17.7 Å². The molecule has 0 radical (unpaired) electrons. The second-order valence-corrected chi connectivity index (χ2v) is 5.79. The van der Waals surface area contributed by atoms with Crippen molar-refractivity contribution in [1.29, 1.82) is 0 Å². The molecular weight excluding hydrogens is 322 g/mol. The number of amides is 1. The molecule has 1 aromatic carbocycles. The van der Waals surface area contributed by atoms with Crippen molar-refractivity contribution in [2.24, 2.45) is 5.92 Å². The van der Waals surface area contributed by atoms with Gasteiger partial charge in [0.25, 0.3) is 0 Å². The molecular formula is C19H25NO5. The van der Waals surface area contributed by atoms with Gasteiger partial charge in [0, 0.05) is 31.9 Å². The Kier molecular flexibility index (Phi) is 7.35. The number of hydrogen-bond donors (Lipinski definition) is 2. The summed E-state index contributed by atoms with van der Waals surface area (Å²) >= 11 is 0. The Labute approximate surface area is 147 Å². The van der Waals surface area contributed by atoms with E-state index in [2.05, 4.69) is 5.32 Å². The fourth-order valence-electron chi connectivity index (χ4n) is 2.66. The summed E-state index contributed by atoms with van der Waals surface area (Å²) in [5.41, 5.74) is 0.922. The van der Waals surface area contributed by atoms with Crippen molar-refractivity contribution in [3.63, 3.8) is 0 Å². The number of furan rings is 1. The second kappa shape index (κ2) is 9.74. The number of benzene rings is 1. The summed E-state index contributed by atoms with van der Waals surface area (Å²) in [6.45, 7) is 0.399. The molecule has 1 amide bonds. The molecule has 0 saturated heterocycles. The van der Waals surface area contributed by atoms with Crippen molar-refractivity contribution in [3.8, 4) is 11.5 Å². The molecule has 0 aliphatic rings. The molecule has 6 heteroatoms. The molecule has 0 fully saturated rings. The average molecular weight is 347 g/mol. The minimum absolute atomic E-state index is 0.00924. The highest BCUT2D eigenvalue weighted by Crippen LogP contribution is 2.31. The molecule has 2 rings (SSSR count). The number of nitrogens with one attached hydrogen (secondary N) is 1. The van der Waals surface area contributed by atoms with Gasteiger partial charge < -0.3 is 24.3 Å². The van der Waals surface area contributed by atoms with Gasteiger partial charge in [-0.3, -0.25) is 4.79 Å². The molecule has 136 valence electrons. The zero-order valence-corrected chi connectivity index (χ0v) is 14.7. The van der Waals surface area contributed by atoms with E-state index in [1.807, 2.05) is 30.3 Å². The SMILES string of the molecule is COc1cccc(CCC(=O)NC[C@@H](CO)Cc2ccco2)c1OC. The Morgan fingerprint density at radius 2 is 2.08 bits per heavy atom. The van der Waals surface area contributed by atoms with E-state index in [4.69, 9.17) is 13.9 Å². The molecule has 0 saturated carbocycles. The van der Waals surface area contributed by atoms with Gasteiger partial charge >= 0.3 is 0 Å². The Bertz CT molecular complexity index is 654. The lowest BCUT2D eigenvalue weighted by Crippen LogP contribution is -2.31. The number of hydrogen-bond acceptors (Lipinski definition) is 5. The van der Waals surface area contributed by atoms with E-state index in [0.29, 0.717) is 37.3 Å². The number of aliphatic hydroxyl groups excluding tert-OH is 1. The number of carbonyl (C=O) groups is 1. The first-order chi connectivity index (χ1) is 12.2. The van der Waals surface area contributed by atoms with Crippen molar-refractivity contribution in [2.75, 3.05) is 27.4 Å². The van der Waals surface area contributed by atoms with Gasteiger partial charge in [-0.25, -0.2) is 0 Å². The van der Waals surface area contributed by atoms with Crippen LogP contribution < -0.4 is 14.8 Å². The first-order valence-electron chi connectivity index (χ1n) is 8.27. The number of aliphatic hydroxyl groups is 1. The highest BCUT2D eigenvalue weighted by molar-refractivity contribution is 5.76. The van der Waals surface area contributed by atoms with Crippen molar-refractivity contribution in [1.82, 2.24) is 5.32 Å². The van der Waals surface area contributed by atoms with Gasteiger partial charge in [-0.2, -0.15) is 0 Å². The number of para-hydroxylation sites is 1. The van der Waals surface area contributed by atoms with Gasteiger partial charge in [0.15, 0.2) is 11.5 Å². The molecule has 0 aliphatic carbocycles. The van der Waals surface area contributed by atoms with Crippen LogP contribution in [0.15, 0.2) is 41.0 Å². The predicted molar refractivity (Wildman–Crippen MR) is 93.9 cm³/mol. The van der Waals surface area contributed by atoms with E-state index in [1.54, 1.807) is 20.5 Å². The highest BCUT2D eigenvalue weighted by Gasteiger charge is 2.14. The van der Waals surface area contributed by atoms with E-state index in [1.165, 1.54) is 0 Å². The van der Waals surface area contributed by atoms with Crippen LogP contribution in [0.4, 0.5) is 0 Å². The molecule has 6 nitrogen and oxygen atoms in total. The number of methoxy groups -OCH3 is 2. The summed E-state index contributed by atoms with van der Waals surface area (Å²) in [6, 6.07) is 9.29. The van der Waals surface area contributed by atoms with Crippen LogP contribution in [0.3, 0.4) is 0 Å². The molecule has 25 heavy (non-hydrogen) atoms. The molecule has 0 unspecified atom stereocenters. The summed E-state index contributed by atoms with van der Waals surface area (Å²) in [4.78, 5) is 12.1. The lowest BCUT2D eigenvalue weighted by Gasteiger charge is -2.15. The summed E-state index contributed by atoms with van der Waals surface area (Å²) in [5.74, 6) is 1.97. The maximum atomic E-state index is 12.1. The summed E-state index contributed by atoms with van der Waals surface area (Å²) in [6.07, 6.45) is 3.08. The third-order valence-corrected chi connectivity index (χ3v) is 4.02. The minimum atomic E-state index is -0.0681. The van der Waals surface area contributed by atoms with Crippen molar-refractivity contribution in [2.45, 2.75) is 19.3 Å². The van der Waals surface area contributed by atoms with E-state index in [-0.39, 0.29) is 18.4 Å². The molecule has 1 heterocycles. The van der Waals surface area contributed by atoms with Crippen molar-refractivity contribution < 1.29 is 23.8 Å². The first kappa shape index (κ1) is 18.9. The fourth-order valence-corrected chi connectivity index (χ4v) is 2.66. The normalized spacial score (nSPS) is 11.8. The predicted octanol–water partition coefficient (Wildman–Crippen LogP) is 2.20. The average Bonchev–Trinajstić information content (AvgIpc) is 3.15. The molecule has 0 bridgehead atoms. The van der Waals surface area contributed by atoms with Crippen molar-refractivity contribution in [3.05, 3.63) is 47.9 Å². The molecule has 0 spiro atoms. The molecule has 2 N–H and O–H groups in total. The monoisotopic (exact) mass is 347 g/mol. The smallest absolute Gasteiger partial charge is 0.220 e. The summed E-state index contributed by atoms with van der Waals surface area (Å²) in [5, 5.41) is 12.3. The standard InChI is InChI=1S/C19H25NO5/c1-23-17-7-3-5-15(19(17)24-2)8-9-18(22)20-12-14(13-21)11-16-6-4-10-25-16/h3-7,10,14,21H,8-9,11-13H2,1-2H3,(H,20,22)/t14-/m0/s1. The molecule has 2 aromatic rings. The van der Waals surface area contributed by atoms with Crippen LogP contribution in [0.2, 0.25) is 0 Å². The lowest BCUT2D eigenvalue weighted by atomic mass is 10.0. The van der Waals surface area contributed by atoms with Gasteiger partial charge in [-0.15, -0.1) is 0 Å². The summed E-state index contributed by atoms with van der Waals surface area (Å²) in [7, 11) is 3.17. The molecule has 1 atom stereocenters. The second-order valence-electron chi connectivity index (χ2n) is 5.79. The zero-order valence-electron chi connectivity index (χ0n) is 14.7. The lowest BCUT2D eigenvalue weighted by molar-refractivity contribution is -0.121. The van der Waals surface area contributed by atoms with Crippen molar-refractivity contribution >= 4 is 5.91 Å². The fraction of sp³-hybridized carbons (Fsp3) is 0.421. The van der Waals surface area contributed by atoms with Gasteiger partial charge in [-0.1, -0.05) is 12.1 Å². The molecule has 1 aromatic heterocycles. The maximum absolute atomic E-state index is 12.1. The topological polar surface area (TPSA) is 80.9 Å². The number of rotatable bonds is 10. The van der Waals surface area contributed by atoms with E-state index < -0.39 is 0 Å². The third-order valence-electron chi connectivity index (χ3n) is 4.02. The number of ether oxygens (including phenoxy) is 2. The number of aryl methyl sites for hydroxylation is 1. The Balaban J connectivity index is 1.82. The van der Waals surface area contributed by atoms with E-state index in [9.17, 15) is 9.90 Å². The quantitative estimate of drug-likeness (QED) is 0.689. The first-order valence-corrected chi connectivity index (χ1v) is 8.27. The van der Waals surface area contributed by atoms with E-state index in [0.717, 1.165) is 11.3 Å². The number of carbonyl (C=O) groups excluding carboxylic acids is 1. The third kappa shape index (κ3) is 5.53. The minimum Gasteiger partial charge on any atom is -0.493 e. The van der Waals surface area contributed by atoms with Gasteiger partial charge in [0.2, 0.25) is 5.91 Å². The zero-order chi connectivity index (χ0) is 18.1. The van der Waals surface area contributed by atoms with Crippen LogP contribution in [0.25, 0.3) is 0 Å². The van der Waals surface area contributed by atoms with Crippen LogP contribution >= 0.6 is 0 Å². The van der Waals surface area contributed by atoms with Gasteiger partial charge in [0.05, 0.1) is 20.5 Å². The van der Waals surface area contributed by atoms with Gasteiger partial charge in [-0.05, 0) is 30.2 Å².